The molecular weight excluding hydrogens is 294 g/mol. The van der Waals surface area contributed by atoms with Crippen LogP contribution in [0.1, 0.15) is 28.4 Å². The van der Waals surface area contributed by atoms with E-state index in [-0.39, 0.29) is 5.91 Å². The molecule has 5 heteroatoms. The number of benzene rings is 2. The van der Waals surface area contributed by atoms with Crippen LogP contribution < -0.4 is 5.32 Å². The van der Waals surface area contributed by atoms with Crippen LogP contribution in [0.4, 0.5) is 5.13 Å². The van der Waals surface area contributed by atoms with Gasteiger partial charge in [0, 0.05) is 5.56 Å². The molecule has 108 valence electrons. The number of carbonyl (C=O) groups is 1. The summed E-state index contributed by atoms with van der Waals surface area (Å²) >= 11 is 1.46. The molecule has 0 aliphatic rings. The number of para-hydroxylation sites is 1. The van der Waals surface area contributed by atoms with Crippen LogP contribution in [-0.2, 0) is 6.42 Å². The lowest BCUT2D eigenvalue weighted by molar-refractivity contribution is 0.102. The number of aryl methyl sites for hydroxylation is 1. The van der Waals surface area contributed by atoms with E-state index < -0.39 is 0 Å². The van der Waals surface area contributed by atoms with Crippen LogP contribution in [0.5, 0.6) is 0 Å². The second-order valence-corrected chi connectivity index (χ2v) is 5.81. The van der Waals surface area contributed by atoms with Crippen molar-refractivity contribution in [3.8, 4) is 6.07 Å². The molecule has 1 aromatic heterocycles. The maximum absolute atomic E-state index is 12.2. The lowest BCUT2D eigenvalue weighted by Gasteiger charge is -2.01. The van der Waals surface area contributed by atoms with Gasteiger partial charge in [-0.2, -0.15) is 5.26 Å². The molecule has 1 heterocycles. The van der Waals surface area contributed by atoms with Crippen LogP contribution in [0.2, 0.25) is 0 Å². The molecule has 0 saturated heterocycles. The Morgan fingerprint density at radius 3 is 2.73 bits per heavy atom. The fourth-order valence-electron chi connectivity index (χ4n) is 2.21. The fourth-order valence-corrected chi connectivity index (χ4v) is 3.12. The predicted molar refractivity (Wildman–Crippen MR) is 88.1 cm³/mol. The largest absolute Gasteiger partial charge is 0.298 e. The Hall–Kier alpha value is -2.71. The summed E-state index contributed by atoms with van der Waals surface area (Å²) in [5.74, 6) is -0.221. The van der Waals surface area contributed by atoms with E-state index in [0.717, 1.165) is 16.6 Å². The topological polar surface area (TPSA) is 65.8 Å². The van der Waals surface area contributed by atoms with Gasteiger partial charge in [-0.25, -0.2) is 4.98 Å². The minimum absolute atomic E-state index is 0.221. The Morgan fingerprint density at radius 2 is 2.05 bits per heavy atom. The number of nitriles is 1. The van der Waals surface area contributed by atoms with Crippen molar-refractivity contribution in [2.45, 2.75) is 13.3 Å². The standard InChI is InChI=1S/C17H13N3OS/c1-2-12-4-3-5-14-15(12)19-17(22-14)20-16(21)13-8-6-11(10-18)7-9-13/h3-9H,2H2,1H3,(H,19,20,21). The molecule has 1 amide bonds. The molecule has 0 unspecified atom stereocenters. The van der Waals surface area contributed by atoms with Gasteiger partial charge < -0.3 is 0 Å². The Bertz CT molecular complexity index is 875. The van der Waals surface area contributed by atoms with E-state index in [1.54, 1.807) is 24.3 Å². The van der Waals surface area contributed by atoms with Gasteiger partial charge in [-0.3, -0.25) is 10.1 Å². The minimum Gasteiger partial charge on any atom is -0.298 e. The quantitative estimate of drug-likeness (QED) is 0.796. The van der Waals surface area contributed by atoms with Crippen molar-refractivity contribution >= 4 is 32.6 Å². The average Bonchev–Trinajstić information content (AvgIpc) is 2.97. The van der Waals surface area contributed by atoms with Crippen molar-refractivity contribution in [2.75, 3.05) is 5.32 Å². The molecule has 0 atom stereocenters. The number of anilines is 1. The molecule has 3 rings (SSSR count). The van der Waals surface area contributed by atoms with Gasteiger partial charge >= 0.3 is 0 Å². The summed E-state index contributed by atoms with van der Waals surface area (Å²) in [5.41, 5.74) is 3.16. The third-order valence-electron chi connectivity index (χ3n) is 3.38. The van der Waals surface area contributed by atoms with E-state index in [0.29, 0.717) is 16.3 Å². The summed E-state index contributed by atoms with van der Waals surface area (Å²) in [5, 5.41) is 12.2. The molecule has 0 aliphatic carbocycles. The molecular formula is C17H13N3OS. The first kappa shape index (κ1) is 14.2. The van der Waals surface area contributed by atoms with Crippen LogP contribution in [0.15, 0.2) is 42.5 Å². The first-order valence-corrected chi connectivity index (χ1v) is 7.73. The number of nitrogens with zero attached hydrogens (tertiary/aromatic N) is 2. The van der Waals surface area contributed by atoms with Crippen molar-refractivity contribution in [3.05, 3.63) is 59.2 Å². The van der Waals surface area contributed by atoms with E-state index >= 15 is 0 Å². The van der Waals surface area contributed by atoms with E-state index in [2.05, 4.69) is 17.2 Å². The second-order valence-electron chi connectivity index (χ2n) is 4.78. The zero-order chi connectivity index (χ0) is 15.5. The maximum atomic E-state index is 12.2. The van der Waals surface area contributed by atoms with Crippen LogP contribution in [0.25, 0.3) is 10.2 Å². The molecule has 2 aromatic carbocycles. The predicted octanol–water partition coefficient (Wildman–Crippen LogP) is 3.98. The number of hydrogen-bond acceptors (Lipinski definition) is 4. The third kappa shape index (κ3) is 2.69. The zero-order valence-corrected chi connectivity index (χ0v) is 12.8. The van der Waals surface area contributed by atoms with Crippen molar-refractivity contribution in [2.24, 2.45) is 0 Å². The summed E-state index contributed by atoms with van der Waals surface area (Å²) in [6.07, 6.45) is 0.907. The lowest BCUT2D eigenvalue weighted by Crippen LogP contribution is -2.11. The van der Waals surface area contributed by atoms with Crippen LogP contribution in [-0.4, -0.2) is 10.9 Å². The Kier molecular flexibility index (Phi) is 3.86. The number of rotatable bonds is 3. The van der Waals surface area contributed by atoms with E-state index in [1.807, 2.05) is 24.3 Å². The highest BCUT2D eigenvalue weighted by atomic mass is 32.1. The Labute approximate surface area is 132 Å². The van der Waals surface area contributed by atoms with Gasteiger partial charge in [-0.15, -0.1) is 0 Å². The highest BCUT2D eigenvalue weighted by Gasteiger charge is 2.11. The summed E-state index contributed by atoms with van der Waals surface area (Å²) in [6, 6.07) is 14.6. The van der Waals surface area contributed by atoms with E-state index in [4.69, 9.17) is 5.26 Å². The average molecular weight is 307 g/mol. The monoisotopic (exact) mass is 307 g/mol. The Morgan fingerprint density at radius 1 is 1.27 bits per heavy atom. The van der Waals surface area contributed by atoms with Crippen LogP contribution >= 0.6 is 11.3 Å². The number of fused-ring (bicyclic) bond motifs is 1. The molecule has 0 aliphatic heterocycles. The highest BCUT2D eigenvalue weighted by molar-refractivity contribution is 7.22. The molecule has 0 fully saturated rings. The summed E-state index contributed by atoms with van der Waals surface area (Å²) in [6.45, 7) is 2.09. The molecule has 0 radical (unpaired) electrons. The number of nitrogens with one attached hydrogen (secondary N) is 1. The van der Waals surface area contributed by atoms with Gasteiger partial charge in [0.2, 0.25) is 0 Å². The van der Waals surface area contributed by atoms with Crippen molar-refractivity contribution in [1.29, 1.82) is 5.26 Å². The third-order valence-corrected chi connectivity index (χ3v) is 4.32. The van der Waals surface area contributed by atoms with Crippen LogP contribution in [0.3, 0.4) is 0 Å². The summed E-state index contributed by atoms with van der Waals surface area (Å²) in [4.78, 5) is 16.7. The number of amides is 1. The number of hydrogen-bond donors (Lipinski definition) is 1. The van der Waals surface area contributed by atoms with Gasteiger partial charge in [-0.05, 0) is 42.3 Å². The summed E-state index contributed by atoms with van der Waals surface area (Å²) < 4.78 is 1.06. The zero-order valence-electron chi connectivity index (χ0n) is 12.0. The molecule has 4 nitrogen and oxygen atoms in total. The minimum atomic E-state index is -0.221. The molecule has 0 saturated carbocycles. The number of aromatic nitrogens is 1. The normalized spacial score (nSPS) is 10.4. The lowest BCUT2D eigenvalue weighted by atomic mass is 10.1. The molecule has 1 N–H and O–H groups in total. The molecule has 3 aromatic rings. The molecule has 22 heavy (non-hydrogen) atoms. The summed E-state index contributed by atoms with van der Waals surface area (Å²) in [7, 11) is 0. The first-order chi connectivity index (χ1) is 10.7. The smallest absolute Gasteiger partial charge is 0.257 e. The van der Waals surface area contributed by atoms with Gasteiger partial charge in [0.1, 0.15) is 0 Å². The van der Waals surface area contributed by atoms with Gasteiger partial charge in [0.15, 0.2) is 5.13 Å². The van der Waals surface area contributed by atoms with Crippen molar-refractivity contribution < 1.29 is 4.79 Å². The molecule has 0 spiro atoms. The Balaban J connectivity index is 1.86. The van der Waals surface area contributed by atoms with Gasteiger partial charge in [0.05, 0.1) is 21.8 Å². The van der Waals surface area contributed by atoms with Crippen molar-refractivity contribution in [1.82, 2.24) is 4.98 Å². The van der Waals surface area contributed by atoms with E-state index in [1.165, 1.54) is 16.9 Å². The number of thiazole rings is 1. The highest BCUT2D eigenvalue weighted by Crippen LogP contribution is 2.28. The van der Waals surface area contributed by atoms with Crippen molar-refractivity contribution in [3.63, 3.8) is 0 Å². The maximum Gasteiger partial charge on any atom is 0.257 e. The van der Waals surface area contributed by atoms with E-state index in [9.17, 15) is 4.79 Å². The molecule has 0 bridgehead atoms. The number of carbonyl (C=O) groups excluding carboxylic acids is 1. The van der Waals surface area contributed by atoms with Gasteiger partial charge in [0.25, 0.3) is 5.91 Å². The first-order valence-electron chi connectivity index (χ1n) is 6.91. The van der Waals surface area contributed by atoms with Gasteiger partial charge in [-0.1, -0.05) is 30.4 Å². The fraction of sp³-hybridized carbons (Fsp3) is 0.118. The second kappa shape index (κ2) is 5.96. The van der Waals surface area contributed by atoms with Crippen LogP contribution in [0, 0.1) is 11.3 Å². The SMILES string of the molecule is CCc1cccc2sc(NC(=O)c3ccc(C#N)cc3)nc12.